The molecule has 0 atom stereocenters. The van der Waals surface area contributed by atoms with Crippen LogP contribution in [0.2, 0.25) is 5.02 Å². The van der Waals surface area contributed by atoms with Crippen LogP contribution in [0.25, 0.3) is 5.69 Å². The summed E-state index contributed by atoms with van der Waals surface area (Å²) in [6.07, 6.45) is 0.775. The number of hydrogen-bond donors (Lipinski definition) is 1. The van der Waals surface area contributed by atoms with Crippen LogP contribution in [-0.4, -0.2) is 33.2 Å². The van der Waals surface area contributed by atoms with Crippen molar-refractivity contribution in [2.75, 3.05) is 11.9 Å². The van der Waals surface area contributed by atoms with Crippen LogP contribution in [0.4, 0.5) is 5.69 Å². The maximum atomic E-state index is 12.9. The normalized spacial score (nSPS) is 11.3. The lowest BCUT2D eigenvalue weighted by Gasteiger charge is -2.18. The molecule has 1 heterocycles. The number of carbonyl (C=O) groups excluding carboxylic acids is 2. The average molecular weight is 455 g/mol. The number of aromatic nitrogens is 3. The van der Waals surface area contributed by atoms with Gasteiger partial charge in [0.15, 0.2) is 0 Å². The molecule has 0 spiro atoms. The van der Waals surface area contributed by atoms with E-state index in [1.807, 2.05) is 57.2 Å². The Balaban J connectivity index is 1.79. The number of benzene rings is 2. The summed E-state index contributed by atoms with van der Waals surface area (Å²) in [5.41, 5.74) is 1.83. The van der Waals surface area contributed by atoms with E-state index in [4.69, 9.17) is 16.3 Å². The molecule has 1 amide bonds. The van der Waals surface area contributed by atoms with Crippen LogP contribution < -0.4 is 5.32 Å². The fourth-order valence-electron chi connectivity index (χ4n) is 3.12. The van der Waals surface area contributed by atoms with Gasteiger partial charge in [-0.25, -0.2) is 9.67 Å². The number of carbonyl (C=O) groups is 2. The quantitative estimate of drug-likeness (QED) is 0.509. The van der Waals surface area contributed by atoms with E-state index in [9.17, 15) is 9.59 Å². The number of para-hydroxylation sites is 1. The van der Waals surface area contributed by atoms with Crippen LogP contribution in [0.15, 0.2) is 48.5 Å². The number of amides is 1. The summed E-state index contributed by atoms with van der Waals surface area (Å²) in [7, 11) is 0. The molecule has 0 saturated heterocycles. The lowest BCUT2D eigenvalue weighted by Crippen LogP contribution is -2.18. The number of esters is 1. The van der Waals surface area contributed by atoms with Gasteiger partial charge in [-0.1, -0.05) is 56.6 Å². The van der Waals surface area contributed by atoms with E-state index >= 15 is 0 Å². The SMILES string of the molecule is CCOC(=O)CCc1ccc(NC(=O)c2nc(C(C)(C)C)n(-c3ccccc3)n2)c(Cl)c1. The van der Waals surface area contributed by atoms with Crippen LogP contribution in [0.3, 0.4) is 0 Å². The zero-order valence-electron chi connectivity index (χ0n) is 18.7. The summed E-state index contributed by atoms with van der Waals surface area (Å²) in [6, 6.07) is 14.8. The Labute approximate surface area is 192 Å². The zero-order valence-corrected chi connectivity index (χ0v) is 19.4. The molecule has 0 bridgehead atoms. The molecule has 0 radical (unpaired) electrons. The van der Waals surface area contributed by atoms with Gasteiger partial charge in [-0.05, 0) is 43.2 Å². The molecule has 168 valence electrons. The molecule has 0 aliphatic rings. The van der Waals surface area contributed by atoms with Gasteiger partial charge in [-0.15, -0.1) is 5.10 Å². The molecule has 3 aromatic rings. The van der Waals surface area contributed by atoms with Gasteiger partial charge in [-0.2, -0.15) is 0 Å². The highest BCUT2D eigenvalue weighted by Gasteiger charge is 2.26. The standard InChI is InChI=1S/C24H27ClN4O3/c1-5-32-20(30)14-12-16-11-13-19(18(25)15-16)26-22(31)21-27-23(24(2,3)4)29(28-21)17-9-7-6-8-10-17/h6-11,13,15H,5,12,14H2,1-4H3,(H,26,31). The molecule has 3 rings (SSSR count). The number of halogens is 1. The van der Waals surface area contributed by atoms with Crippen molar-refractivity contribution < 1.29 is 14.3 Å². The minimum absolute atomic E-state index is 0.0567. The highest BCUT2D eigenvalue weighted by molar-refractivity contribution is 6.34. The van der Waals surface area contributed by atoms with Crippen molar-refractivity contribution in [3.05, 3.63) is 70.8 Å². The van der Waals surface area contributed by atoms with E-state index in [0.29, 0.717) is 29.6 Å². The summed E-state index contributed by atoms with van der Waals surface area (Å²) < 4.78 is 6.63. The van der Waals surface area contributed by atoms with Crippen molar-refractivity contribution in [1.82, 2.24) is 14.8 Å². The van der Waals surface area contributed by atoms with Crippen LogP contribution in [0.1, 0.15) is 56.1 Å². The zero-order chi connectivity index (χ0) is 23.3. The Bertz CT molecular complexity index is 1100. The molecule has 8 heteroatoms. The Morgan fingerprint density at radius 2 is 1.84 bits per heavy atom. The van der Waals surface area contributed by atoms with Crippen molar-refractivity contribution in [3.63, 3.8) is 0 Å². The summed E-state index contributed by atoms with van der Waals surface area (Å²) in [6.45, 7) is 8.18. The van der Waals surface area contributed by atoms with Crippen molar-refractivity contribution >= 4 is 29.2 Å². The van der Waals surface area contributed by atoms with E-state index in [1.54, 1.807) is 23.7 Å². The minimum Gasteiger partial charge on any atom is -0.466 e. The molecular weight excluding hydrogens is 428 g/mol. The first-order chi connectivity index (χ1) is 15.2. The van der Waals surface area contributed by atoms with Gasteiger partial charge >= 0.3 is 5.97 Å². The summed E-state index contributed by atoms with van der Waals surface area (Å²) in [4.78, 5) is 29.0. The van der Waals surface area contributed by atoms with Crippen LogP contribution in [0.5, 0.6) is 0 Å². The predicted octanol–water partition coefficient (Wildman–Crippen LogP) is 4.97. The highest BCUT2D eigenvalue weighted by atomic mass is 35.5. The fourth-order valence-corrected chi connectivity index (χ4v) is 3.37. The first-order valence-corrected chi connectivity index (χ1v) is 10.8. The van der Waals surface area contributed by atoms with Crippen LogP contribution in [0, 0.1) is 0 Å². The third-order valence-corrected chi connectivity index (χ3v) is 5.00. The van der Waals surface area contributed by atoms with Crippen LogP contribution >= 0.6 is 11.6 Å². The Hall–Kier alpha value is -3.19. The van der Waals surface area contributed by atoms with Crippen molar-refractivity contribution in [2.45, 2.75) is 46.0 Å². The number of nitrogens with zero attached hydrogens (tertiary/aromatic N) is 3. The minimum atomic E-state index is -0.452. The largest absolute Gasteiger partial charge is 0.466 e. The lowest BCUT2D eigenvalue weighted by atomic mass is 9.95. The average Bonchev–Trinajstić information content (AvgIpc) is 3.21. The van der Waals surface area contributed by atoms with Crippen molar-refractivity contribution in [1.29, 1.82) is 0 Å². The second-order valence-corrected chi connectivity index (χ2v) is 8.74. The molecule has 0 fully saturated rings. The van der Waals surface area contributed by atoms with Crippen molar-refractivity contribution in [2.24, 2.45) is 0 Å². The van der Waals surface area contributed by atoms with Crippen molar-refractivity contribution in [3.8, 4) is 5.69 Å². The molecule has 0 aliphatic carbocycles. The number of nitrogens with one attached hydrogen (secondary N) is 1. The Kier molecular flexibility index (Phi) is 7.30. The Morgan fingerprint density at radius 1 is 1.12 bits per heavy atom. The van der Waals surface area contributed by atoms with Crippen LogP contribution in [-0.2, 0) is 21.4 Å². The number of ether oxygens (including phenoxy) is 1. The predicted molar refractivity (Wildman–Crippen MR) is 124 cm³/mol. The summed E-state index contributed by atoms with van der Waals surface area (Å²) >= 11 is 6.37. The molecule has 32 heavy (non-hydrogen) atoms. The number of anilines is 1. The van der Waals surface area contributed by atoms with E-state index < -0.39 is 5.91 Å². The molecule has 2 aromatic carbocycles. The number of rotatable bonds is 7. The van der Waals surface area contributed by atoms with Gasteiger partial charge in [0, 0.05) is 11.8 Å². The molecule has 1 aromatic heterocycles. The monoisotopic (exact) mass is 454 g/mol. The number of aryl methyl sites for hydroxylation is 1. The van der Waals surface area contributed by atoms with Gasteiger partial charge in [0.1, 0.15) is 5.82 Å². The first kappa shape index (κ1) is 23.5. The fraction of sp³-hybridized carbons (Fsp3) is 0.333. The van der Waals surface area contributed by atoms with Gasteiger partial charge in [0.05, 0.1) is 23.0 Å². The molecule has 0 saturated carbocycles. The molecular formula is C24H27ClN4O3. The first-order valence-electron chi connectivity index (χ1n) is 10.5. The maximum Gasteiger partial charge on any atom is 0.306 e. The second-order valence-electron chi connectivity index (χ2n) is 8.33. The second kappa shape index (κ2) is 9.96. The molecule has 1 N–H and O–H groups in total. The third-order valence-electron chi connectivity index (χ3n) is 4.69. The third kappa shape index (κ3) is 5.73. The van der Waals surface area contributed by atoms with E-state index in [2.05, 4.69) is 15.4 Å². The van der Waals surface area contributed by atoms with Gasteiger partial charge < -0.3 is 10.1 Å². The smallest absolute Gasteiger partial charge is 0.306 e. The summed E-state index contributed by atoms with van der Waals surface area (Å²) in [5, 5.41) is 7.61. The van der Waals surface area contributed by atoms with Gasteiger partial charge in [0.2, 0.25) is 5.82 Å². The Morgan fingerprint density at radius 3 is 2.47 bits per heavy atom. The highest BCUT2D eigenvalue weighted by Crippen LogP contribution is 2.26. The summed E-state index contributed by atoms with van der Waals surface area (Å²) in [5.74, 6) is 0.0255. The topological polar surface area (TPSA) is 86.1 Å². The molecule has 7 nitrogen and oxygen atoms in total. The van der Waals surface area contributed by atoms with Gasteiger partial charge in [-0.3, -0.25) is 9.59 Å². The molecule has 0 unspecified atom stereocenters. The lowest BCUT2D eigenvalue weighted by molar-refractivity contribution is -0.143. The number of hydrogen-bond acceptors (Lipinski definition) is 5. The van der Waals surface area contributed by atoms with E-state index in [0.717, 1.165) is 11.3 Å². The molecule has 0 aliphatic heterocycles. The van der Waals surface area contributed by atoms with E-state index in [-0.39, 0.29) is 23.6 Å². The van der Waals surface area contributed by atoms with Gasteiger partial charge in [0.25, 0.3) is 5.91 Å². The van der Waals surface area contributed by atoms with E-state index in [1.165, 1.54) is 0 Å². The maximum absolute atomic E-state index is 12.9.